The highest BCUT2D eigenvalue weighted by Gasteiger charge is 2.27. The molecule has 0 aromatic carbocycles. The van der Waals surface area contributed by atoms with Crippen LogP contribution < -0.4 is 0 Å². The van der Waals surface area contributed by atoms with Gasteiger partial charge in [-0.05, 0) is 31.2 Å². The molecular formula is C16H19N5. The monoisotopic (exact) mass is 281 g/mol. The van der Waals surface area contributed by atoms with Gasteiger partial charge in [0.25, 0.3) is 0 Å². The molecule has 0 saturated heterocycles. The molecule has 0 spiro atoms. The van der Waals surface area contributed by atoms with Crippen molar-refractivity contribution >= 4 is 11.0 Å². The Kier molecular flexibility index (Phi) is 2.98. The van der Waals surface area contributed by atoms with Gasteiger partial charge < -0.3 is 4.98 Å². The van der Waals surface area contributed by atoms with Gasteiger partial charge in [-0.2, -0.15) is 10.2 Å². The summed E-state index contributed by atoms with van der Waals surface area (Å²) in [5, 5.41) is 13.9. The number of fused-ring (bicyclic) bond motifs is 1. The highest BCUT2D eigenvalue weighted by atomic mass is 15.3. The van der Waals surface area contributed by atoms with E-state index in [0.717, 1.165) is 34.5 Å². The second kappa shape index (κ2) is 4.98. The average Bonchev–Trinajstić information content (AvgIpc) is 3.10. The zero-order chi connectivity index (χ0) is 14.2. The molecule has 1 aliphatic rings. The van der Waals surface area contributed by atoms with Gasteiger partial charge in [0, 0.05) is 28.9 Å². The molecule has 21 heavy (non-hydrogen) atoms. The van der Waals surface area contributed by atoms with Crippen LogP contribution in [0.3, 0.4) is 0 Å². The molecule has 0 aliphatic heterocycles. The van der Waals surface area contributed by atoms with E-state index in [1.807, 2.05) is 24.7 Å². The van der Waals surface area contributed by atoms with Crippen molar-refractivity contribution < 1.29 is 0 Å². The minimum atomic E-state index is 0.531. The predicted octanol–water partition coefficient (Wildman–Crippen LogP) is 3.57. The summed E-state index contributed by atoms with van der Waals surface area (Å²) in [6.45, 7) is 2.25. The lowest BCUT2D eigenvalue weighted by Crippen LogP contribution is -2.25. The Morgan fingerprint density at radius 2 is 2.29 bits per heavy atom. The molecule has 1 atom stereocenters. The van der Waals surface area contributed by atoms with E-state index in [1.165, 1.54) is 19.3 Å². The molecular weight excluding hydrogens is 262 g/mol. The van der Waals surface area contributed by atoms with E-state index in [-0.39, 0.29) is 0 Å². The van der Waals surface area contributed by atoms with E-state index in [1.54, 1.807) is 0 Å². The Labute approximate surface area is 123 Å². The lowest BCUT2D eigenvalue weighted by atomic mass is 9.79. The number of nitrogens with zero attached hydrogens (tertiary/aromatic N) is 4. The van der Waals surface area contributed by atoms with Crippen LogP contribution in [0.25, 0.3) is 22.2 Å². The van der Waals surface area contributed by atoms with Gasteiger partial charge in [0.05, 0.1) is 18.4 Å². The molecule has 1 aliphatic carbocycles. The number of nitrogens with one attached hydrogen (secondary N) is 1. The van der Waals surface area contributed by atoms with Gasteiger partial charge in [-0.1, -0.05) is 13.3 Å². The third kappa shape index (κ3) is 2.04. The number of aromatic amines is 1. The van der Waals surface area contributed by atoms with Crippen LogP contribution in [-0.2, 0) is 0 Å². The summed E-state index contributed by atoms with van der Waals surface area (Å²) >= 11 is 0. The summed E-state index contributed by atoms with van der Waals surface area (Å²) in [4.78, 5) is 3.11. The molecule has 1 saturated carbocycles. The molecule has 1 fully saturated rings. The standard InChI is InChI=1S/C16H19N5/c1-2-15(11-4-3-5-11)21-10-12(8-19-21)14-9-18-20-16-13(14)6-7-17-16/h6-11,15H,2-5H2,1H3,(H,17,20). The number of hydrogen-bond donors (Lipinski definition) is 1. The lowest BCUT2D eigenvalue weighted by molar-refractivity contribution is 0.191. The molecule has 3 aromatic heterocycles. The van der Waals surface area contributed by atoms with Crippen LogP contribution in [0.2, 0.25) is 0 Å². The van der Waals surface area contributed by atoms with Gasteiger partial charge in [0.15, 0.2) is 5.65 Å². The Hall–Kier alpha value is -2.17. The zero-order valence-corrected chi connectivity index (χ0v) is 12.2. The summed E-state index contributed by atoms with van der Waals surface area (Å²) in [7, 11) is 0. The first-order chi connectivity index (χ1) is 10.4. The van der Waals surface area contributed by atoms with Crippen LogP contribution in [0.1, 0.15) is 38.6 Å². The Balaban J connectivity index is 1.72. The molecule has 1 N–H and O–H groups in total. The fourth-order valence-electron chi connectivity index (χ4n) is 3.32. The summed E-state index contributed by atoms with van der Waals surface area (Å²) in [5.74, 6) is 0.797. The minimum Gasteiger partial charge on any atom is -0.345 e. The number of rotatable bonds is 4. The predicted molar refractivity (Wildman–Crippen MR) is 81.8 cm³/mol. The smallest absolute Gasteiger partial charge is 0.160 e. The van der Waals surface area contributed by atoms with Crippen LogP contribution in [-0.4, -0.2) is 25.0 Å². The quantitative estimate of drug-likeness (QED) is 0.795. The van der Waals surface area contributed by atoms with Crippen molar-refractivity contribution in [1.29, 1.82) is 0 Å². The molecule has 3 heterocycles. The van der Waals surface area contributed by atoms with E-state index in [9.17, 15) is 0 Å². The summed E-state index contributed by atoms with van der Waals surface area (Å²) in [5.41, 5.74) is 3.04. The van der Waals surface area contributed by atoms with Crippen LogP contribution >= 0.6 is 0 Å². The van der Waals surface area contributed by atoms with E-state index >= 15 is 0 Å². The first-order valence-electron chi connectivity index (χ1n) is 7.70. The minimum absolute atomic E-state index is 0.531. The number of H-pyrrole nitrogens is 1. The maximum atomic E-state index is 4.62. The summed E-state index contributed by atoms with van der Waals surface area (Å²) < 4.78 is 2.15. The van der Waals surface area contributed by atoms with Crippen molar-refractivity contribution in [3.63, 3.8) is 0 Å². The first kappa shape index (κ1) is 12.6. The normalized spacial score (nSPS) is 17.0. The van der Waals surface area contributed by atoms with Gasteiger partial charge in [-0.25, -0.2) is 0 Å². The van der Waals surface area contributed by atoms with E-state index < -0.39 is 0 Å². The van der Waals surface area contributed by atoms with Gasteiger partial charge in [-0.3, -0.25) is 4.68 Å². The van der Waals surface area contributed by atoms with Gasteiger partial charge >= 0.3 is 0 Å². The Bertz CT molecular complexity index is 753. The molecule has 0 amide bonds. The van der Waals surface area contributed by atoms with Gasteiger partial charge in [-0.15, -0.1) is 5.10 Å². The highest BCUT2D eigenvalue weighted by Crippen LogP contribution is 2.38. The van der Waals surface area contributed by atoms with Crippen molar-refractivity contribution in [2.45, 2.75) is 38.6 Å². The maximum Gasteiger partial charge on any atom is 0.160 e. The molecule has 5 nitrogen and oxygen atoms in total. The molecule has 108 valence electrons. The van der Waals surface area contributed by atoms with Crippen molar-refractivity contribution in [3.05, 3.63) is 30.9 Å². The van der Waals surface area contributed by atoms with Crippen LogP contribution in [0.5, 0.6) is 0 Å². The third-order valence-electron chi connectivity index (χ3n) is 4.72. The fourth-order valence-corrected chi connectivity index (χ4v) is 3.32. The topological polar surface area (TPSA) is 59.4 Å². The SMILES string of the molecule is CCC(C1CCC1)n1cc(-c2cnnc3[nH]ccc23)cn1. The largest absolute Gasteiger partial charge is 0.345 e. The number of aromatic nitrogens is 5. The van der Waals surface area contributed by atoms with Gasteiger partial charge in [0.1, 0.15) is 0 Å². The van der Waals surface area contributed by atoms with Crippen LogP contribution in [0.4, 0.5) is 0 Å². The van der Waals surface area contributed by atoms with Crippen molar-refractivity contribution in [2.75, 3.05) is 0 Å². The van der Waals surface area contributed by atoms with E-state index in [2.05, 4.69) is 38.1 Å². The Morgan fingerprint density at radius 3 is 3.05 bits per heavy atom. The summed E-state index contributed by atoms with van der Waals surface area (Å²) in [6, 6.07) is 2.57. The molecule has 0 bridgehead atoms. The molecule has 0 radical (unpaired) electrons. The molecule has 5 heteroatoms. The second-order valence-corrected chi connectivity index (χ2v) is 5.87. The second-order valence-electron chi connectivity index (χ2n) is 5.87. The summed E-state index contributed by atoms with van der Waals surface area (Å²) in [6.07, 6.45) is 13.0. The van der Waals surface area contributed by atoms with Crippen molar-refractivity contribution in [3.8, 4) is 11.1 Å². The molecule has 3 aromatic rings. The van der Waals surface area contributed by atoms with Gasteiger partial charge in [0.2, 0.25) is 0 Å². The first-order valence-corrected chi connectivity index (χ1v) is 7.70. The average molecular weight is 281 g/mol. The van der Waals surface area contributed by atoms with Crippen molar-refractivity contribution in [2.24, 2.45) is 5.92 Å². The van der Waals surface area contributed by atoms with Crippen LogP contribution in [0.15, 0.2) is 30.9 Å². The highest BCUT2D eigenvalue weighted by molar-refractivity contribution is 5.91. The lowest BCUT2D eigenvalue weighted by Gasteiger charge is -2.33. The molecule has 1 unspecified atom stereocenters. The zero-order valence-electron chi connectivity index (χ0n) is 12.2. The fraction of sp³-hybridized carbons (Fsp3) is 0.438. The number of hydrogen-bond acceptors (Lipinski definition) is 3. The molecule has 4 rings (SSSR count). The van der Waals surface area contributed by atoms with Crippen LogP contribution in [0, 0.1) is 5.92 Å². The van der Waals surface area contributed by atoms with E-state index in [0.29, 0.717) is 6.04 Å². The third-order valence-corrected chi connectivity index (χ3v) is 4.72. The van der Waals surface area contributed by atoms with Crippen molar-refractivity contribution in [1.82, 2.24) is 25.0 Å². The maximum absolute atomic E-state index is 4.62. The van der Waals surface area contributed by atoms with E-state index in [4.69, 9.17) is 0 Å². The Morgan fingerprint density at radius 1 is 1.38 bits per heavy atom.